The van der Waals surface area contributed by atoms with Crippen LogP contribution in [0.4, 0.5) is 24.5 Å². The average molecular weight is 437 g/mol. The van der Waals surface area contributed by atoms with Gasteiger partial charge in [0.2, 0.25) is 0 Å². The molecule has 1 fully saturated rings. The smallest absolute Gasteiger partial charge is 0.416 e. The molecule has 0 bridgehead atoms. The number of morpholine rings is 1. The van der Waals surface area contributed by atoms with Crippen molar-refractivity contribution >= 4 is 23.0 Å². The van der Waals surface area contributed by atoms with Crippen LogP contribution in [0.25, 0.3) is 11.3 Å². The van der Waals surface area contributed by atoms with E-state index in [1.807, 2.05) is 18.2 Å². The molecule has 0 spiro atoms. The van der Waals surface area contributed by atoms with Crippen LogP contribution in [0, 0.1) is 0 Å². The first-order valence-electron chi connectivity index (χ1n) is 9.52. The Morgan fingerprint density at radius 2 is 1.80 bits per heavy atom. The minimum Gasteiger partial charge on any atom is -0.459 e. The number of anilines is 2. The second-order valence-electron chi connectivity index (χ2n) is 6.96. The van der Waals surface area contributed by atoms with Crippen LogP contribution in [0.1, 0.15) is 11.3 Å². The zero-order valence-corrected chi connectivity index (χ0v) is 16.8. The highest BCUT2D eigenvalue weighted by atomic mass is 35.5. The predicted molar refractivity (Wildman–Crippen MR) is 111 cm³/mol. The first-order chi connectivity index (χ1) is 14.4. The summed E-state index contributed by atoms with van der Waals surface area (Å²) in [5.41, 5.74) is 1.48. The molecule has 1 saturated heterocycles. The fourth-order valence-corrected chi connectivity index (χ4v) is 3.64. The number of hydrogen-bond acceptors (Lipinski definition) is 4. The molecule has 4 nitrogen and oxygen atoms in total. The van der Waals surface area contributed by atoms with Gasteiger partial charge in [-0.15, -0.1) is 0 Å². The Bertz CT molecular complexity index is 1010. The number of hydrogen-bond donors (Lipinski definition) is 1. The quantitative estimate of drug-likeness (QED) is 0.527. The summed E-state index contributed by atoms with van der Waals surface area (Å²) < 4.78 is 49.8. The third kappa shape index (κ3) is 4.74. The van der Waals surface area contributed by atoms with Crippen molar-refractivity contribution in [2.45, 2.75) is 12.7 Å². The third-order valence-corrected chi connectivity index (χ3v) is 5.20. The number of nitrogens with zero attached hydrogens (tertiary/aromatic N) is 1. The largest absolute Gasteiger partial charge is 0.459 e. The van der Waals surface area contributed by atoms with E-state index in [1.165, 1.54) is 6.07 Å². The monoisotopic (exact) mass is 436 g/mol. The van der Waals surface area contributed by atoms with E-state index in [1.54, 1.807) is 18.2 Å². The van der Waals surface area contributed by atoms with Crippen molar-refractivity contribution in [2.24, 2.45) is 0 Å². The minimum atomic E-state index is -4.39. The maximum Gasteiger partial charge on any atom is 0.416 e. The molecular formula is C22H20ClF3N2O2. The van der Waals surface area contributed by atoms with Gasteiger partial charge in [0.05, 0.1) is 36.0 Å². The van der Waals surface area contributed by atoms with Gasteiger partial charge in [-0.2, -0.15) is 13.2 Å². The fraction of sp³-hybridized carbons (Fsp3) is 0.273. The normalized spacial score (nSPS) is 14.7. The van der Waals surface area contributed by atoms with Gasteiger partial charge in [0.15, 0.2) is 0 Å². The van der Waals surface area contributed by atoms with Crippen LogP contribution in [-0.2, 0) is 17.5 Å². The summed E-state index contributed by atoms with van der Waals surface area (Å²) >= 11 is 6.44. The first-order valence-corrected chi connectivity index (χ1v) is 9.90. The summed E-state index contributed by atoms with van der Waals surface area (Å²) in [6.07, 6.45) is -4.39. The highest BCUT2D eigenvalue weighted by Gasteiger charge is 2.30. The first kappa shape index (κ1) is 20.6. The summed E-state index contributed by atoms with van der Waals surface area (Å²) in [6, 6.07) is 14.3. The maximum absolute atomic E-state index is 12.9. The van der Waals surface area contributed by atoms with Gasteiger partial charge in [0.25, 0.3) is 0 Å². The number of halogens is 4. The molecule has 3 aromatic rings. The van der Waals surface area contributed by atoms with Gasteiger partial charge in [-0.25, -0.2) is 0 Å². The summed E-state index contributed by atoms with van der Waals surface area (Å²) in [6.45, 7) is 3.35. The van der Waals surface area contributed by atoms with E-state index in [2.05, 4.69) is 10.2 Å². The van der Waals surface area contributed by atoms with Crippen molar-refractivity contribution in [1.29, 1.82) is 0 Å². The number of ether oxygens (including phenoxy) is 1. The highest BCUT2D eigenvalue weighted by Crippen LogP contribution is 2.33. The fourth-order valence-electron chi connectivity index (χ4n) is 3.34. The Morgan fingerprint density at radius 3 is 2.53 bits per heavy atom. The lowest BCUT2D eigenvalue weighted by Gasteiger charge is -2.29. The van der Waals surface area contributed by atoms with Crippen molar-refractivity contribution in [1.82, 2.24) is 0 Å². The number of rotatable bonds is 5. The molecule has 2 heterocycles. The van der Waals surface area contributed by atoms with Crippen molar-refractivity contribution in [3.8, 4) is 11.3 Å². The number of benzene rings is 2. The van der Waals surface area contributed by atoms with E-state index in [9.17, 15) is 13.2 Å². The zero-order valence-electron chi connectivity index (χ0n) is 16.0. The van der Waals surface area contributed by atoms with Crippen LogP contribution < -0.4 is 10.2 Å². The van der Waals surface area contributed by atoms with Crippen LogP contribution >= 0.6 is 11.6 Å². The van der Waals surface area contributed by atoms with E-state index in [4.69, 9.17) is 20.8 Å². The molecule has 0 radical (unpaired) electrons. The zero-order chi connectivity index (χ0) is 21.1. The van der Waals surface area contributed by atoms with Gasteiger partial charge < -0.3 is 19.4 Å². The summed E-state index contributed by atoms with van der Waals surface area (Å²) in [7, 11) is 0. The molecule has 2 aromatic carbocycles. The SMILES string of the molecule is FC(F)(F)c1cccc(-c2ccc(CNc3ccc(N4CCOCC4)c(Cl)c3)o2)c1. The number of alkyl halides is 3. The molecular weight excluding hydrogens is 417 g/mol. The summed E-state index contributed by atoms with van der Waals surface area (Å²) in [4.78, 5) is 2.18. The second-order valence-corrected chi connectivity index (χ2v) is 7.37. The van der Waals surface area contributed by atoms with Crippen molar-refractivity contribution < 1.29 is 22.3 Å². The second kappa shape index (κ2) is 8.62. The lowest BCUT2D eigenvalue weighted by molar-refractivity contribution is -0.137. The van der Waals surface area contributed by atoms with Crippen molar-refractivity contribution in [2.75, 3.05) is 36.5 Å². The Balaban J connectivity index is 1.42. The number of furan rings is 1. The molecule has 0 unspecified atom stereocenters. The van der Waals surface area contributed by atoms with Gasteiger partial charge in [0, 0.05) is 24.3 Å². The van der Waals surface area contributed by atoms with Crippen LogP contribution in [0.15, 0.2) is 59.0 Å². The Hall–Kier alpha value is -2.64. The third-order valence-electron chi connectivity index (χ3n) is 4.90. The maximum atomic E-state index is 12.9. The molecule has 0 saturated carbocycles. The topological polar surface area (TPSA) is 37.6 Å². The molecule has 0 aliphatic carbocycles. The standard InChI is InChI=1S/C22H20ClF3N2O2/c23-19-13-17(4-6-20(19)28-8-10-29-11-9-28)27-14-18-5-7-21(30-18)15-2-1-3-16(12-15)22(24,25)26/h1-7,12-13,27H,8-11,14H2. The van der Waals surface area contributed by atoms with Gasteiger partial charge in [-0.1, -0.05) is 23.7 Å². The average Bonchev–Trinajstić information content (AvgIpc) is 3.22. The van der Waals surface area contributed by atoms with Gasteiger partial charge in [-0.05, 0) is 42.5 Å². The van der Waals surface area contributed by atoms with Crippen molar-refractivity contribution in [3.63, 3.8) is 0 Å². The van der Waals surface area contributed by atoms with E-state index in [-0.39, 0.29) is 0 Å². The molecule has 158 valence electrons. The molecule has 8 heteroatoms. The molecule has 1 aliphatic heterocycles. The Labute approximate surface area is 177 Å². The van der Waals surface area contributed by atoms with E-state index in [0.717, 1.165) is 36.6 Å². The molecule has 0 atom stereocenters. The molecule has 1 aliphatic rings. The van der Waals surface area contributed by atoms with Crippen LogP contribution in [0.5, 0.6) is 0 Å². The van der Waals surface area contributed by atoms with Crippen LogP contribution in [0.2, 0.25) is 5.02 Å². The van der Waals surface area contributed by atoms with E-state index < -0.39 is 11.7 Å². The van der Waals surface area contributed by atoms with Gasteiger partial charge >= 0.3 is 6.18 Å². The Morgan fingerprint density at radius 1 is 1.00 bits per heavy atom. The highest BCUT2D eigenvalue weighted by molar-refractivity contribution is 6.33. The predicted octanol–water partition coefficient (Wildman–Crippen LogP) is 6.07. The summed E-state index contributed by atoms with van der Waals surface area (Å²) in [5.74, 6) is 0.995. The van der Waals surface area contributed by atoms with E-state index >= 15 is 0 Å². The molecule has 0 amide bonds. The minimum absolute atomic E-state index is 0.381. The summed E-state index contributed by atoms with van der Waals surface area (Å²) in [5, 5.41) is 3.88. The van der Waals surface area contributed by atoms with E-state index in [0.29, 0.717) is 41.9 Å². The van der Waals surface area contributed by atoms with Crippen LogP contribution in [-0.4, -0.2) is 26.3 Å². The van der Waals surface area contributed by atoms with Crippen LogP contribution in [0.3, 0.4) is 0 Å². The van der Waals surface area contributed by atoms with Gasteiger partial charge in [0.1, 0.15) is 11.5 Å². The molecule has 4 rings (SSSR count). The lowest BCUT2D eigenvalue weighted by Crippen LogP contribution is -2.36. The lowest BCUT2D eigenvalue weighted by atomic mass is 10.1. The van der Waals surface area contributed by atoms with Crippen molar-refractivity contribution in [3.05, 3.63) is 70.9 Å². The Kier molecular flexibility index (Phi) is 5.92. The molecule has 1 N–H and O–H groups in total. The van der Waals surface area contributed by atoms with Gasteiger partial charge in [-0.3, -0.25) is 0 Å². The number of nitrogens with one attached hydrogen (secondary N) is 1. The molecule has 30 heavy (non-hydrogen) atoms. The molecule has 1 aromatic heterocycles.